The van der Waals surface area contributed by atoms with Crippen LogP contribution in [-0.2, 0) is 9.53 Å². The Kier molecular flexibility index (Phi) is 4.22. The average Bonchev–Trinajstić information content (AvgIpc) is 2.88. The molecule has 120 valence electrons. The lowest BCUT2D eigenvalue weighted by atomic mass is 10.2. The first-order chi connectivity index (χ1) is 11.4. The van der Waals surface area contributed by atoms with E-state index >= 15 is 0 Å². The predicted octanol–water partition coefficient (Wildman–Crippen LogP) is 3.84. The van der Waals surface area contributed by atoms with Crippen molar-refractivity contribution in [2.45, 2.75) is 0 Å². The molecule has 0 aromatic heterocycles. The number of carbonyl (C=O) groups is 1. The summed E-state index contributed by atoms with van der Waals surface area (Å²) in [5, 5.41) is 10.8. The smallest absolute Gasteiger partial charge is 0.363 e. The molecule has 0 atom stereocenters. The highest BCUT2D eigenvalue weighted by molar-refractivity contribution is 9.10. The molecule has 0 N–H and O–H groups in total. The van der Waals surface area contributed by atoms with Gasteiger partial charge >= 0.3 is 5.97 Å². The molecule has 8 heteroatoms. The topological polar surface area (TPSA) is 81.8 Å². The molecule has 0 fully saturated rings. The van der Waals surface area contributed by atoms with E-state index in [-0.39, 0.29) is 21.8 Å². The van der Waals surface area contributed by atoms with E-state index in [9.17, 15) is 19.3 Å². The van der Waals surface area contributed by atoms with Gasteiger partial charge in [-0.05, 0) is 57.9 Å². The van der Waals surface area contributed by atoms with Gasteiger partial charge in [0.1, 0.15) is 5.82 Å². The number of halogens is 2. The molecule has 3 rings (SSSR count). The number of rotatable bonds is 3. The quantitative estimate of drug-likeness (QED) is 0.345. The molecule has 0 spiro atoms. The Bertz CT molecular complexity index is 924. The molecule has 0 radical (unpaired) electrons. The number of cyclic esters (lactones) is 1. The predicted molar refractivity (Wildman–Crippen MR) is 87.8 cm³/mol. The van der Waals surface area contributed by atoms with Gasteiger partial charge in [-0.1, -0.05) is 6.07 Å². The molecule has 1 heterocycles. The average molecular weight is 391 g/mol. The second-order valence-corrected chi connectivity index (χ2v) is 5.67. The zero-order valence-electron chi connectivity index (χ0n) is 11.9. The molecular formula is C16H8BrFN2O4. The van der Waals surface area contributed by atoms with Gasteiger partial charge in [-0.25, -0.2) is 14.2 Å². The molecule has 2 aromatic carbocycles. The molecule has 0 amide bonds. The van der Waals surface area contributed by atoms with E-state index in [0.29, 0.717) is 11.1 Å². The van der Waals surface area contributed by atoms with Gasteiger partial charge in [0.2, 0.25) is 5.90 Å². The lowest BCUT2D eigenvalue weighted by Crippen LogP contribution is -2.05. The van der Waals surface area contributed by atoms with E-state index in [2.05, 4.69) is 20.9 Å². The van der Waals surface area contributed by atoms with E-state index in [1.54, 1.807) is 6.07 Å². The maximum absolute atomic E-state index is 13.2. The number of ether oxygens (including phenoxy) is 1. The van der Waals surface area contributed by atoms with Crippen LogP contribution in [0.1, 0.15) is 11.1 Å². The van der Waals surface area contributed by atoms with Crippen molar-refractivity contribution in [3.05, 3.63) is 79.7 Å². The van der Waals surface area contributed by atoms with Gasteiger partial charge in [-0.3, -0.25) is 10.1 Å². The SMILES string of the molecule is O=C1OC(c2cccc(F)c2)=N/C1=C\c1ccc([N+](=O)[O-])c(Br)c1. The Morgan fingerprint density at radius 1 is 1.25 bits per heavy atom. The number of benzene rings is 2. The number of nitrogens with zero attached hydrogens (tertiary/aromatic N) is 2. The molecule has 0 saturated carbocycles. The molecule has 2 aromatic rings. The number of esters is 1. The minimum atomic E-state index is -0.677. The monoisotopic (exact) mass is 390 g/mol. The second-order valence-electron chi connectivity index (χ2n) is 4.81. The van der Waals surface area contributed by atoms with Crippen LogP contribution < -0.4 is 0 Å². The van der Waals surface area contributed by atoms with E-state index in [1.807, 2.05) is 0 Å². The molecule has 0 saturated heterocycles. The van der Waals surface area contributed by atoms with Crippen LogP contribution in [0, 0.1) is 15.9 Å². The van der Waals surface area contributed by atoms with Crippen LogP contribution in [0.15, 0.2) is 57.6 Å². The molecule has 0 bridgehead atoms. The molecule has 24 heavy (non-hydrogen) atoms. The van der Waals surface area contributed by atoms with Crippen molar-refractivity contribution >= 4 is 39.6 Å². The van der Waals surface area contributed by atoms with Gasteiger partial charge in [0.15, 0.2) is 5.70 Å². The van der Waals surface area contributed by atoms with Crippen LogP contribution in [0.2, 0.25) is 0 Å². The third-order valence-electron chi connectivity index (χ3n) is 3.16. The molecule has 0 unspecified atom stereocenters. The van der Waals surface area contributed by atoms with E-state index in [0.717, 1.165) is 0 Å². The summed E-state index contributed by atoms with van der Waals surface area (Å²) in [4.78, 5) is 26.2. The van der Waals surface area contributed by atoms with Crippen molar-refractivity contribution in [3.63, 3.8) is 0 Å². The number of nitro groups is 1. The molecule has 1 aliphatic rings. The lowest BCUT2D eigenvalue weighted by molar-refractivity contribution is -0.385. The number of hydrogen-bond acceptors (Lipinski definition) is 5. The second kappa shape index (κ2) is 6.32. The van der Waals surface area contributed by atoms with Gasteiger partial charge in [-0.2, -0.15) is 0 Å². The summed E-state index contributed by atoms with van der Waals surface area (Å²) in [5.74, 6) is -1.14. The molecule has 6 nitrogen and oxygen atoms in total. The third kappa shape index (κ3) is 3.23. The van der Waals surface area contributed by atoms with Gasteiger partial charge in [0.05, 0.1) is 9.40 Å². The highest BCUT2D eigenvalue weighted by Gasteiger charge is 2.24. The Balaban J connectivity index is 1.94. The normalized spacial score (nSPS) is 15.3. The van der Waals surface area contributed by atoms with Crippen LogP contribution in [0.5, 0.6) is 0 Å². The van der Waals surface area contributed by atoms with E-state index < -0.39 is 16.7 Å². The van der Waals surface area contributed by atoms with Crippen LogP contribution in [-0.4, -0.2) is 16.8 Å². The van der Waals surface area contributed by atoms with Crippen molar-refractivity contribution in [3.8, 4) is 0 Å². The van der Waals surface area contributed by atoms with Crippen molar-refractivity contribution in [1.29, 1.82) is 0 Å². The van der Waals surface area contributed by atoms with Crippen molar-refractivity contribution < 1.29 is 18.8 Å². The van der Waals surface area contributed by atoms with E-state index in [4.69, 9.17) is 4.74 Å². The first-order valence-electron chi connectivity index (χ1n) is 6.66. The van der Waals surface area contributed by atoms with Crippen molar-refractivity contribution in [2.75, 3.05) is 0 Å². The fraction of sp³-hybridized carbons (Fsp3) is 0. The van der Waals surface area contributed by atoms with Gasteiger partial charge < -0.3 is 4.74 Å². The summed E-state index contributed by atoms with van der Waals surface area (Å²) in [7, 11) is 0. The largest absolute Gasteiger partial charge is 0.402 e. The Hall–Kier alpha value is -2.87. The summed E-state index contributed by atoms with van der Waals surface area (Å²) < 4.78 is 18.6. The Labute approximate surface area is 143 Å². The lowest BCUT2D eigenvalue weighted by Gasteiger charge is -1.98. The fourth-order valence-corrected chi connectivity index (χ4v) is 2.61. The minimum Gasteiger partial charge on any atom is -0.402 e. The summed E-state index contributed by atoms with van der Waals surface area (Å²) in [6.07, 6.45) is 1.43. The summed E-state index contributed by atoms with van der Waals surface area (Å²) in [6.45, 7) is 0. The highest BCUT2D eigenvalue weighted by Crippen LogP contribution is 2.27. The summed E-state index contributed by atoms with van der Waals surface area (Å²) in [6, 6.07) is 9.82. The number of carbonyl (C=O) groups excluding carboxylic acids is 1. The van der Waals surface area contributed by atoms with Gasteiger partial charge in [-0.15, -0.1) is 0 Å². The maximum Gasteiger partial charge on any atom is 0.363 e. The van der Waals surface area contributed by atoms with Crippen molar-refractivity contribution in [2.24, 2.45) is 4.99 Å². The van der Waals surface area contributed by atoms with E-state index in [1.165, 1.54) is 42.5 Å². The van der Waals surface area contributed by atoms with Crippen molar-refractivity contribution in [1.82, 2.24) is 0 Å². The number of nitro benzene ring substituents is 1. The zero-order valence-corrected chi connectivity index (χ0v) is 13.5. The first-order valence-corrected chi connectivity index (χ1v) is 7.46. The fourth-order valence-electron chi connectivity index (χ4n) is 2.07. The first kappa shape index (κ1) is 16.0. The number of aliphatic imine (C=N–C) groups is 1. The van der Waals surface area contributed by atoms with Gasteiger partial charge in [0.25, 0.3) is 5.69 Å². The molecule has 1 aliphatic heterocycles. The van der Waals surface area contributed by atoms with Crippen LogP contribution in [0.3, 0.4) is 0 Å². The zero-order chi connectivity index (χ0) is 17.3. The number of hydrogen-bond donors (Lipinski definition) is 0. The summed E-state index contributed by atoms with van der Waals surface area (Å²) in [5.41, 5.74) is 0.811. The third-order valence-corrected chi connectivity index (χ3v) is 3.80. The van der Waals surface area contributed by atoms with Gasteiger partial charge in [0, 0.05) is 11.6 Å². The van der Waals surface area contributed by atoms with Crippen LogP contribution in [0.4, 0.5) is 10.1 Å². The highest BCUT2D eigenvalue weighted by atomic mass is 79.9. The standard InChI is InChI=1S/C16H8BrFN2O4/c17-12-6-9(4-5-14(12)20(22)23)7-13-16(21)24-15(19-13)10-2-1-3-11(18)8-10/h1-8H/b13-7-. The molecular weight excluding hydrogens is 383 g/mol. The van der Waals surface area contributed by atoms with Crippen LogP contribution >= 0.6 is 15.9 Å². The maximum atomic E-state index is 13.2. The summed E-state index contributed by atoms with van der Waals surface area (Å²) >= 11 is 3.10. The minimum absolute atomic E-state index is 0.00623. The Morgan fingerprint density at radius 3 is 2.71 bits per heavy atom. The molecule has 0 aliphatic carbocycles. The van der Waals surface area contributed by atoms with Crippen LogP contribution in [0.25, 0.3) is 6.08 Å². The Morgan fingerprint density at radius 2 is 2.04 bits per heavy atom.